The van der Waals surface area contributed by atoms with E-state index in [0.717, 1.165) is 27.8 Å². The number of rotatable bonds is 10. The first-order valence-electron chi connectivity index (χ1n) is 11.8. The molecule has 36 heavy (non-hydrogen) atoms. The minimum atomic E-state index is -0.390. The van der Waals surface area contributed by atoms with Crippen LogP contribution in [0.5, 0.6) is 5.75 Å². The van der Waals surface area contributed by atoms with Crippen LogP contribution in [-0.2, 0) is 16.0 Å². The molecule has 0 fully saturated rings. The van der Waals surface area contributed by atoms with E-state index in [4.69, 9.17) is 14.2 Å². The standard InChI is InChI=1S/C29H30N2O5/c1-20(22-9-11-24(12-10-22)29(33)35-3)30-28(32)26-6-4-5-23-15-16-31(27(23)26)19-21-7-13-25(14-8-21)36-18-17-34-2/h4-16,20H,17-19H2,1-3H3,(H,30,32)/t20-/m0/s1. The molecule has 3 aromatic carbocycles. The van der Waals surface area contributed by atoms with Gasteiger partial charge in [0.25, 0.3) is 5.91 Å². The van der Waals surface area contributed by atoms with Crippen LogP contribution in [0.25, 0.3) is 10.9 Å². The van der Waals surface area contributed by atoms with Crippen LogP contribution in [0.4, 0.5) is 0 Å². The Morgan fingerprint density at radius 1 is 0.917 bits per heavy atom. The highest BCUT2D eigenvalue weighted by Gasteiger charge is 2.17. The Morgan fingerprint density at radius 2 is 1.67 bits per heavy atom. The maximum absolute atomic E-state index is 13.3. The third kappa shape index (κ3) is 5.75. The summed E-state index contributed by atoms with van der Waals surface area (Å²) >= 11 is 0. The molecule has 4 rings (SSSR count). The molecule has 1 amide bonds. The summed E-state index contributed by atoms with van der Waals surface area (Å²) < 4.78 is 17.5. The molecule has 1 heterocycles. The number of hydrogen-bond acceptors (Lipinski definition) is 5. The van der Waals surface area contributed by atoms with E-state index >= 15 is 0 Å². The maximum atomic E-state index is 13.3. The summed E-state index contributed by atoms with van der Waals surface area (Å²) in [5, 5.41) is 4.08. The number of esters is 1. The molecule has 0 saturated carbocycles. The molecule has 0 aliphatic carbocycles. The molecule has 0 bridgehead atoms. The lowest BCUT2D eigenvalue weighted by atomic mass is 10.0. The van der Waals surface area contributed by atoms with Crippen molar-refractivity contribution < 1.29 is 23.8 Å². The number of methoxy groups -OCH3 is 2. The van der Waals surface area contributed by atoms with Gasteiger partial charge in [-0.3, -0.25) is 4.79 Å². The smallest absolute Gasteiger partial charge is 0.337 e. The molecule has 1 aromatic heterocycles. The zero-order valence-corrected chi connectivity index (χ0v) is 20.7. The van der Waals surface area contributed by atoms with Crippen molar-refractivity contribution in [2.24, 2.45) is 0 Å². The van der Waals surface area contributed by atoms with E-state index in [1.54, 1.807) is 19.2 Å². The first-order chi connectivity index (χ1) is 17.5. The minimum Gasteiger partial charge on any atom is -0.491 e. The average Bonchev–Trinajstić information content (AvgIpc) is 3.32. The fraction of sp³-hybridized carbons (Fsp3) is 0.241. The van der Waals surface area contributed by atoms with Gasteiger partial charge in [-0.25, -0.2) is 4.79 Å². The molecular weight excluding hydrogens is 456 g/mol. The molecule has 0 unspecified atom stereocenters. The molecule has 7 heteroatoms. The second-order valence-electron chi connectivity index (χ2n) is 8.48. The van der Waals surface area contributed by atoms with Gasteiger partial charge in [-0.05, 0) is 54.4 Å². The van der Waals surface area contributed by atoms with Crippen LogP contribution in [-0.4, -0.2) is 43.9 Å². The van der Waals surface area contributed by atoms with Crippen LogP contribution in [0, 0.1) is 0 Å². The summed E-state index contributed by atoms with van der Waals surface area (Å²) in [7, 11) is 3.00. The van der Waals surface area contributed by atoms with Crippen LogP contribution in [0.1, 0.15) is 44.8 Å². The number of nitrogens with zero attached hydrogens (tertiary/aromatic N) is 1. The van der Waals surface area contributed by atoms with Gasteiger partial charge in [-0.15, -0.1) is 0 Å². The van der Waals surface area contributed by atoms with E-state index in [-0.39, 0.29) is 17.9 Å². The van der Waals surface area contributed by atoms with Crippen molar-refractivity contribution in [3.8, 4) is 5.75 Å². The van der Waals surface area contributed by atoms with Crippen molar-refractivity contribution in [1.29, 1.82) is 0 Å². The van der Waals surface area contributed by atoms with Crippen molar-refractivity contribution >= 4 is 22.8 Å². The lowest BCUT2D eigenvalue weighted by molar-refractivity contribution is 0.0600. The number of benzene rings is 3. The number of amides is 1. The molecule has 1 atom stereocenters. The van der Waals surface area contributed by atoms with E-state index in [1.165, 1.54) is 7.11 Å². The van der Waals surface area contributed by atoms with Crippen LogP contribution >= 0.6 is 0 Å². The molecule has 0 radical (unpaired) electrons. The maximum Gasteiger partial charge on any atom is 0.337 e. The Hall–Kier alpha value is -4.10. The number of carbonyl (C=O) groups excluding carboxylic acids is 2. The zero-order chi connectivity index (χ0) is 25.5. The first kappa shape index (κ1) is 25.0. The van der Waals surface area contributed by atoms with E-state index in [2.05, 4.69) is 9.88 Å². The number of fused-ring (bicyclic) bond motifs is 1. The van der Waals surface area contributed by atoms with Gasteiger partial charge < -0.3 is 24.1 Å². The number of nitrogens with one attached hydrogen (secondary N) is 1. The molecule has 186 valence electrons. The quantitative estimate of drug-likeness (QED) is 0.252. The number of para-hydroxylation sites is 1. The zero-order valence-electron chi connectivity index (χ0n) is 20.7. The van der Waals surface area contributed by atoms with Gasteiger partial charge in [0.2, 0.25) is 0 Å². The third-order valence-electron chi connectivity index (χ3n) is 6.04. The number of aromatic nitrogens is 1. The Morgan fingerprint density at radius 3 is 2.36 bits per heavy atom. The van der Waals surface area contributed by atoms with E-state index in [9.17, 15) is 9.59 Å². The second-order valence-corrected chi connectivity index (χ2v) is 8.48. The van der Waals surface area contributed by atoms with Gasteiger partial charge in [-0.2, -0.15) is 0 Å². The van der Waals surface area contributed by atoms with E-state index in [1.807, 2.05) is 73.8 Å². The largest absolute Gasteiger partial charge is 0.491 e. The summed E-state index contributed by atoms with van der Waals surface area (Å²) in [6, 6.07) is 22.5. The molecule has 7 nitrogen and oxygen atoms in total. The van der Waals surface area contributed by atoms with Gasteiger partial charge >= 0.3 is 5.97 Å². The van der Waals surface area contributed by atoms with Crippen molar-refractivity contribution in [3.05, 3.63) is 101 Å². The lowest BCUT2D eigenvalue weighted by Crippen LogP contribution is -2.27. The Balaban J connectivity index is 1.50. The SMILES string of the molecule is COCCOc1ccc(Cn2ccc3cccc(C(=O)N[C@@H](C)c4ccc(C(=O)OC)cc4)c32)cc1. The highest BCUT2D eigenvalue weighted by molar-refractivity contribution is 6.06. The molecular formula is C29H30N2O5. The fourth-order valence-corrected chi connectivity index (χ4v) is 4.09. The van der Waals surface area contributed by atoms with E-state index < -0.39 is 0 Å². The van der Waals surface area contributed by atoms with Gasteiger partial charge in [0.15, 0.2) is 0 Å². The van der Waals surface area contributed by atoms with Crippen molar-refractivity contribution in [3.63, 3.8) is 0 Å². The van der Waals surface area contributed by atoms with Gasteiger partial charge in [0.1, 0.15) is 12.4 Å². The molecule has 0 aliphatic rings. The second kappa shape index (κ2) is 11.6. The van der Waals surface area contributed by atoms with Crippen LogP contribution in [0.2, 0.25) is 0 Å². The number of carbonyl (C=O) groups is 2. The first-order valence-corrected chi connectivity index (χ1v) is 11.8. The van der Waals surface area contributed by atoms with Crippen LogP contribution in [0.3, 0.4) is 0 Å². The summed E-state index contributed by atoms with van der Waals surface area (Å²) in [4.78, 5) is 25.0. The fourth-order valence-electron chi connectivity index (χ4n) is 4.09. The van der Waals surface area contributed by atoms with Crippen molar-refractivity contribution in [2.45, 2.75) is 19.5 Å². The minimum absolute atomic E-state index is 0.160. The molecule has 4 aromatic rings. The van der Waals surface area contributed by atoms with Gasteiger partial charge in [-0.1, -0.05) is 36.4 Å². The summed E-state index contributed by atoms with van der Waals surface area (Å²) in [6.07, 6.45) is 2.00. The summed E-state index contributed by atoms with van der Waals surface area (Å²) in [6.45, 7) is 3.58. The monoisotopic (exact) mass is 486 g/mol. The van der Waals surface area contributed by atoms with Crippen molar-refractivity contribution in [1.82, 2.24) is 9.88 Å². The highest BCUT2D eigenvalue weighted by atomic mass is 16.5. The normalized spacial score (nSPS) is 11.8. The average molecular weight is 487 g/mol. The Labute approximate surface area is 210 Å². The number of ether oxygens (including phenoxy) is 3. The summed E-state index contributed by atoms with van der Waals surface area (Å²) in [5.41, 5.74) is 3.95. The van der Waals surface area contributed by atoms with Gasteiger partial charge in [0.05, 0.1) is 36.4 Å². The summed E-state index contributed by atoms with van der Waals surface area (Å²) in [5.74, 6) is 0.243. The van der Waals surface area contributed by atoms with Crippen LogP contribution in [0.15, 0.2) is 79.0 Å². The topological polar surface area (TPSA) is 78.8 Å². The molecule has 0 aliphatic heterocycles. The van der Waals surface area contributed by atoms with Crippen molar-refractivity contribution in [2.75, 3.05) is 27.4 Å². The Kier molecular flexibility index (Phi) is 8.02. The predicted molar refractivity (Wildman–Crippen MR) is 139 cm³/mol. The highest BCUT2D eigenvalue weighted by Crippen LogP contribution is 2.24. The van der Waals surface area contributed by atoms with Crippen LogP contribution < -0.4 is 10.1 Å². The lowest BCUT2D eigenvalue weighted by Gasteiger charge is -2.16. The third-order valence-corrected chi connectivity index (χ3v) is 6.04. The predicted octanol–water partition coefficient (Wildman–Crippen LogP) is 4.99. The molecule has 0 spiro atoms. The van der Waals surface area contributed by atoms with E-state index in [0.29, 0.717) is 30.9 Å². The molecule has 1 N–H and O–H groups in total. The Bertz CT molecular complexity index is 1330. The van der Waals surface area contributed by atoms with Gasteiger partial charge in [0, 0.05) is 25.2 Å². The number of hydrogen-bond donors (Lipinski definition) is 1. The molecule has 0 saturated heterocycles.